The van der Waals surface area contributed by atoms with Crippen molar-refractivity contribution in [2.45, 2.75) is 53.1 Å². The third kappa shape index (κ3) is 3.73. The molecule has 1 atom stereocenters. The highest BCUT2D eigenvalue weighted by Gasteiger charge is 2.18. The summed E-state index contributed by atoms with van der Waals surface area (Å²) in [6, 6.07) is 2.12. The van der Waals surface area contributed by atoms with Crippen LogP contribution in [0.4, 0.5) is 0 Å². The molecule has 5 heteroatoms. The molecule has 2 aromatic heterocycles. The molecule has 2 N–H and O–H groups in total. The summed E-state index contributed by atoms with van der Waals surface area (Å²) in [5.74, 6) is 0.905. The van der Waals surface area contributed by atoms with Crippen LogP contribution < -0.4 is 5.73 Å². The lowest BCUT2D eigenvalue weighted by Gasteiger charge is -2.20. The minimum atomic E-state index is 0.376. The van der Waals surface area contributed by atoms with E-state index >= 15 is 0 Å². The maximum absolute atomic E-state index is 5.92. The molecule has 21 heavy (non-hydrogen) atoms. The molecule has 0 fully saturated rings. The van der Waals surface area contributed by atoms with Crippen molar-refractivity contribution < 1.29 is 0 Å². The van der Waals surface area contributed by atoms with E-state index in [-0.39, 0.29) is 0 Å². The lowest BCUT2D eigenvalue weighted by Crippen LogP contribution is -2.21. The Hall–Kier alpha value is -1.62. The average molecular weight is 289 g/mol. The topological polar surface area (TPSA) is 61.7 Å². The van der Waals surface area contributed by atoms with Crippen molar-refractivity contribution in [3.8, 4) is 0 Å². The molecule has 0 aromatic carbocycles. The summed E-state index contributed by atoms with van der Waals surface area (Å²) in [5.41, 5.74) is 9.48. The maximum atomic E-state index is 5.92. The normalized spacial score (nSPS) is 13.0. The summed E-state index contributed by atoms with van der Waals surface area (Å²) in [6.45, 7) is 11.1. The van der Waals surface area contributed by atoms with Gasteiger partial charge in [0.15, 0.2) is 0 Å². The van der Waals surface area contributed by atoms with Crippen LogP contribution in [0.5, 0.6) is 0 Å². The van der Waals surface area contributed by atoms with Crippen molar-refractivity contribution in [1.82, 2.24) is 19.3 Å². The van der Waals surface area contributed by atoms with Gasteiger partial charge in [-0.2, -0.15) is 5.10 Å². The number of hydrogen-bond donors (Lipinski definition) is 1. The van der Waals surface area contributed by atoms with Crippen molar-refractivity contribution in [3.05, 3.63) is 35.7 Å². The molecular formula is C16H27N5. The number of rotatable bonds is 7. The standard InChI is InChI=1S/C16H27N5/c1-12(2)15(9-17)16-10-18-11-20(16)6-5-7-21-14(4)8-13(3)19-21/h8,10-12,15H,5-7,9,17H2,1-4H3. The van der Waals surface area contributed by atoms with Crippen molar-refractivity contribution in [1.29, 1.82) is 0 Å². The number of aryl methyl sites for hydroxylation is 4. The molecule has 2 heterocycles. The lowest BCUT2D eigenvalue weighted by molar-refractivity contribution is 0.454. The molecular weight excluding hydrogens is 262 g/mol. The summed E-state index contributed by atoms with van der Waals surface area (Å²) in [4.78, 5) is 4.31. The van der Waals surface area contributed by atoms with Crippen LogP contribution in [-0.4, -0.2) is 25.9 Å². The largest absolute Gasteiger partial charge is 0.334 e. The first-order valence-corrected chi connectivity index (χ1v) is 7.74. The maximum Gasteiger partial charge on any atom is 0.0948 e. The van der Waals surface area contributed by atoms with Crippen LogP contribution in [0, 0.1) is 19.8 Å². The second kappa shape index (κ2) is 6.89. The highest BCUT2D eigenvalue weighted by molar-refractivity contribution is 5.08. The van der Waals surface area contributed by atoms with Crippen LogP contribution in [0.15, 0.2) is 18.6 Å². The average Bonchev–Trinajstić information content (AvgIpc) is 2.98. The van der Waals surface area contributed by atoms with Gasteiger partial charge >= 0.3 is 0 Å². The van der Waals surface area contributed by atoms with Crippen LogP contribution >= 0.6 is 0 Å². The number of aromatic nitrogens is 4. The highest BCUT2D eigenvalue weighted by Crippen LogP contribution is 2.23. The van der Waals surface area contributed by atoms with Crippen LogP contribution in [0.25, 0.3) is 0 Å². The molecule has 0 spiro atoms. The van der Waals surface area contributed by atoms with Crippen molar-refractivity contribution in [3.63, 3.8) is 0 Å². The van der Waals surface area contributed by atoms with Gasteiger partial charge in [-0.1, -0.05) is 13.8 Å². The molecule has 116 valence electrons. The molecule has 0 amide bonds. The van der Waals surface area contributed by atoms with Crippen LogP contribution in [0.3, 0.4) is 0 Å². The zero-order valence-corrected chi connectivity index (χ0v) is 13.6. The van der Waals surface area contributed by atoms with Gasteiger partial charge in [-0.25, -0.2) is 4.98 Å². The van der Waals surface area contributed by atoms with E-state index in [1.165, 1.54) is 11.4 Å². The monoisotopic (exact) mass is 289 g/mol. The molecule has 0 aliphatic heterocycles. The van der Waals surface area contributed by atoms with Gasteiger partial charge in [0.1, 0.15) is 0 Å². The fourth-order valence-corrected chi connectivity index (χ4v) is 2.85. The summed E-state index contributed by atoms with van der Waals surface area (Å²) in [5, 5.41) is 4.50. The summed E-state index contributed by atoms with van der Waals surface area (Å²) in [7, 11) is 0. The van der Waals surface area contributed by atoms with E-state index < -0.39 is 0 Å². The van der Waals surface area contributed by atoms with E-state index in [2.05, 4.69) is 46.2 Å². The predicted molar refractivity (Wildman–Crippen MR) is 85.2 cm³/mol. The van der Waals surface area contributed by atoms with Crippen LogP contribution in [0.1, 0.15) is 43.3 Å². The third-order valence-corrected chi connectivity index (χ3v) is 4.06. The van der Waals surface area contributed by atoms with Crippen molar-refractivity contribution >= 4 is 0 Å². The summed E-state index contributed by atoms with van der Waals surface area (Å²) < 4.78 is 4.32. The molecule has 2 aromatic rings. The number of nitrogens with two attached hydrogens (primary N) is 1. The molecule has 0 saturated heterocycles. The first kappa shape index (κ1) is 15.8. The fourth-order valence-electron chi connectivity index (χ4n) is 2.85. The van der Waals surface area contributed by atoms with Gasteiger partial charge in [0.2, 0.25) is 0 Å². The zero-order chi connectivity index (χ0) is 15.4. The van der Waals surface area contributed by atoms with E-state index in [9.17, 15) is 0 Å². The molecule has 0 bridgehead atoms. The Labute approximate surface area is 127 Å². The molecule has 0 aliphatic carbocycles. The van der Waals surface area contributed by atoms with Gasteiger partial charge in [0.25, 0.3) is 0 Å². The predicted octanol–water partition coefficient (Wildman–Crippen LogP) is 2.49. The van der Waals surface area contributed by atoms with E-state index in [1.54, 1.807) is 0 Å². The first-order valence-electron chi connectivity index (χ1n) is 7.74. The minimum absolute atomic E-state index is 0.376. The third-order valence-electron chi connectivity index (χ3n) is 4.06. The molecule has 0 saturated carbocycles. The Morgan fingerprint density at radius 2 is 2.00 bits per heavy atom. The van der Waals surface area contributed by atoms with Crippen molar-refractivity contribution in [2.75, 3.05) is 6.54 Å². The Kier molecular flexibility index (Phi) is 5.17. The Morgan fingerprint density at radius 1 is 1.24 bits per heavy atom. The molecule has 1 unspecified atom stereocenters. The number of hydrogen-bond acceptors (Lipinski definition) is 3. The quantitative estimate of drug-likeness (QED) is 0.852. The van der Waals surface area contributed by atoms with Gasteiger partial charge in [0, 0.05) is 43.1 Å². The van der Waals surface area contributed by atoms with Gasteiger partial charge in [0.05, 0.1) is 12.0 Å². The van der Waals surface area contributed by atoms with Crippen LogP contribution in [-0.2, 0) is 13.1 Å². The lowest BCUT2D eigenvalue weighted by atomic mass is 9.93. The molecule has 2 rings (SSSR count). The van der Waals surface area contributed by atoms with E-state index in [1.807, 2.05) is 19.4 Å². The molecule has 0 radical (unpaired) electrons. The Balaban J connectivity index is 1.98. The van der Waals surface area contributed by atoms with Crippen molar-refractivity contribution in [2.24, 2.45) is 11.7 Å². The summed E-state index contributed by atoms with van der Waals surface area (Å²) in [6.07, 6.45) is 4.92. The van der Waals surface area contributed by atoms with Gasteiger partial charge in [-0.05, 0) is 32.3 Å². The molecule has 0 aliphatic rings. The van der Waals surface area contributed by atoms with Gasteiger partial charge < -0.3 is 10.3 Å². The Bertz CT molecular complexity index is 567. The number of imidazole rings is 1. The first-order chi connectivity index (χ1) is 10.0. The van der Waals surface area contributed by atoms with Crippen LogP contribution in [0.2, 0.25) is 0 Å². The SMILES string of the molecule is Cc1cc(C)n(CCCn2cncc2C(CN)C(C)C)n1. The smallest absolute Gasteiger partial charge is 0.0948 e. The van der Waals surface area contributed by atoms with Gasteiger partial charge in [-0.3, -0.25) is 4.68 Å². The second-order valence-corrected chi connectivity index (χ2v) is 6.10. The zero-order valence-electron chi connectivity index (χ0n) is 13.6. The number of nitrogens with zero attached hydrogens (tertiary/aromatic N) is 4. The highest BCUT2D eigenvalue weighted by atomic mass is 15.3. The minimum Gasteiger partial charge on any atom is -0.334 e. The van der Waals surface area contributed by atoms with E-state index in [4.69, 9.17) is 5.73 Å². The Morgan fingerprint density at radius 3 is 2.57 bits per heavy atom. The second-order valence-electron chi connectivity index (χ2n) is 6.10. The molecule has 5 nitrogen and oxygen atoms in total. The van der Waals surface area contributed by atoms with E-state index in [0.717, 1.165) is 25.2 Å². The van der Waals surface area contributed by atoms with E-state index in [0.29, 0.717) is 18.4 Å². The van der Waals surface area contributed by atoms with Gasteiger partial charge in [-0.15, -0.1) is 0 Å². The fraction of sp³-hybridized carbons (Fsp3) is 0.625. The summed E-state index contributed by atoms with van der Waals surface area (Å²) >= 11 is 0.